The maximum atomic E-state index is 12.9. The molecule has 0 radical (unpaired) electrons. The number of hydrazone groups is 1. The van der Waals surface area contributed by atoms with E-state index in [1.165, 1.54) is 10.8 Å². The molecule has 0 aliphatic carbocycles. The van der Waals surface area contributed by atoms with Gasteiger partial charge in [0.05, 0.1) is 32.9 Å². The second kappa shape index (κ2) is 8.80. The summed E-state index contributed by atoms with van der Waals surface area (Å²) in [6, 6.07) is 8.43. The number of pyridine rings is 2. The molecule has 0 saturated carbocycles. The first kappa shape index (κ1) is 23.8. The van der Waals surface area contributed by atoms with Gasteiger partial charge in [0.15, 0.2) is 11.6 Å². The SMILES string of the molecule is FC(F)(F)c1cnc(N/N=C/c2cn(-c3ncc(C(F)(F)F)cc3Cl)c3ccccc23)c(Cl)c1. The zero-order valence-electron chi connectivity index (χ0n) is 16.6. The molecule has 0 spiro atoms. The Hall–Kier alpha value is -3.31. The molecule has 0 fully saturated rings. The standard InChI is InChI=1S/C21H11Cl2F6N5/c22-15-5-12(20(24,25)26)8-30-18(15)33-32-7-11-10-34(17-4-2-1-3-14(11)17)19-16(23)6-13(9-31-19)21(27,28)29/h1-10H,(H,30,33)/b32-7+. The average molecular weight is 518 g/mol. The smallest absolute Gasteiger partial charge is 0.299 e. The lowest BCUT2D eigenvalue weighted by Crippen LogP contribution is -2.07. The van der Waals surface area contributed by atoms with Crippen molar-refractivity contribution in [3.8, 4) is 5.82 Å². The van der Waals surface area contributed by atoms with Crippen LogP contribution in [-0.4, -0.2) is 20.7 Å². The van der Waals surface area contributed by atoms with E-state index in [1.54, 1.807) is 30.5 Å². The van der Waals surface area contributed by atoms with Crippen molar-refractivity contribution in [2.45, 2.75) is 12.4 Å². The molecule has 3 aromatic heterocycles. The van der Waals surface area contributed by atoms with Gasteiger partial charge in [0.1, 0.15) is 0 Å². The van der Waals surface area contributed by atoms with Crippen molar-refractivity contribution in [2.75, 3.05) is 5.43 Å². The zero-order valence-corrected chi connectivity index (χ0v) is 18.1. The Morgan fingerprint density at radius 2 is 1.50 bits per heavy atom. The highest BCUT2D eigenvalue weighted by molar-refractivity contribution is 6.33. The Bertz CT molecular complexity index is 1390. The summed E-state index contributed by atoms with van der Waals surface area (Å²) in [5.74, 6) is -0.0203. The van der Waals surface area contributed by atoms with Crippen LogP contribution < -0.4 is 5.43 Å². The van der Waals surface area contributed by atoms with Gasteiger partial charge < -0.3 is 0 Å². The van der Waals surface area contributed by atoms with Gasteiger partial charge in [-0.3, -0.25) is 9.99 Å². The molecule has 3 heterocycles. The molecule has 176 valence electrons. The van der Waals surface area contributed by atoms with Crippen LogP contribution >= 0.6 is 23.2 Å². The lowest BCUT2D eigenvalue weighted by Gasteiger charge is -2.10. The molecule has 0 amide bonds. The van der Waals surface area contributed by atoms with E-state index < -0.39 is 23.5 Å². The highest BCUT2D eigenvalue weighted by Crippen LogP contribution is 2.34. The fraction of sp³-hybridized carbons (Fsp3) is 0.0952. The number of alkyl halides is 6. The largest absolute Gasteiger partial charge is 0.417 e. The third-order valence-electron chi connectivity index (χ3n) is 4.66. The molecular formula is C21H11Cl2F6N5. The number of aromatic nitrogens is 3. The maximum Gasteiger partial charge on any atom is 0.417 e. The van der Waals surface area contributed by atoms with E-state index >= 15 is 0 Å². The summed E-state index contributed by atoms with van der Waals surface area (Å²) in [4.78, 5) is 7.51. The molecule has 13 heteroatoms. The van der Waals surface area contributed by atoms with Crippen molar-refractivity contribution in [3.05, 3.63) is 81.7 Å². The summed E-state index contributed by atoms with van der Waals surface area (Å²) < 4.78 is 78.6. The minimum Gasteiger partial charge on any atom is -0.299 e. The predicted octanol–water partition coefficient (Wildman–Crippen LogP) is 7.21. The van der Waals surface area contributed by atoms with Crippen molar-refractivity contribution in [1.82, 2.24) is 14.5 Å². The van der Waals surface area contributed by atoms with Crippen LogP contribution in [0.25, 0.3) is 16.7 Å². The van der Waals surface area contributed by atoms with Crippen molar-refractivity contribution in [3.63, 3.8) is 0 Å². The molecule has 1 N–H and O–H groups in total. The Morgan fingerprint density at radius 1 is 0.882 bits per heavy atom. The number of nitrogens with one attached hydrogen (secondary N) is 1. The number of fused-ring (bicyclic) bond motifs is 1. The summed E-state index contributed by atoms with van der Waals surface area (Å²) in [5.41, 5.74) is 1.59. The van der Waals surface area contributed by atoms with Crippen molar-refractivity contribution < 1.29 is 26.3 Å². The third kappa shape index (κ3) is 4.80. The van der Waals surface area contributed by atoms with Crippen LogP contribution in [0.3, 0.4) is 0 Å². The highest BCUT2D eigenvalue weighted by atomic mass is 35.5. The third-order valence-corrected chi connectivity index (χ3v) is 5.23. The molecule has 0 saturated heterocycles. The van der Waals surface area contributed by atoms with E-state index in [2.05, 4.69) is 20.5 Å². The van der Waals surface area contributed by atoms with Crippen LogP contribution in [0.4, 0.5) is 32.2 Å². The van der Waals surface area contributed by atoms with E-state index in [0.717, 1.165) is 12.1 Å². The molecule has 5 nitrogen and oxygen atoms in total. The van der Waals surface area contributed by atoms with E-state index in [1.807, 2.05) is 0 Å². The molecule has 4 aromatic rings. The molecule has 0 bridgehead atoms. The molecule has 4 rings (SSSR count). The van der Waals surface area contributed by atoms with Crippen LogP contribution in [0.1, 0.15) is 16.7 Å². The molecule has 0 unspecified atom stereocenters. The minimum absolute atomic E-state index is 0.0749. The van der Waals surface area contributed by atoms with E-state index in [-0.39, 0.29) is 21.7 Å². The quantitative estimate of drug-likeness (QED) is 0.177. The summed E-state index contributed by atoms with van der Waals surface area (Å²) in [7, 11) is 0. The first-order valence-corrected chi connectivity index (χ1v) is 10.1. The summed E-state index contributed by atoms with van der Waals surface area (Å²) >= 11 is 11.9. The first-order valence-electron chi connectivity index (χ1n) is 9.30. The van der Waals surface area contributed by atoms with Crippen LogP contribution in [0.2, 0.25) is 10.0 Å². The molecule has 0 aliphatic rings. The van der Waals surface area contributed by atoms with Crippen molar-refractivity contribution >= 4 is 46.1 Å². The number of hydrogen-bond donors (Lipinski definition) is 1. The topological polar surface area (TPSA) is 55.1 Å². The molecular weight excluding hydrogens is 507 g/mol. The predicted molar refractivity (Wildman–Crippen MR) is 117 cm³/mol. The second-order valence-corrected chi connectivity index (χ2v) is 7.74. The van der Waals surface area contributed by atoms with Crippen molar-refractivity contribution in [1.29, 1.82) is 0 Å². The fourth-order valence-electron chi connectivity index (χ4n) is 3.09. The van der Waals surface area contributed by atoms with E-state index in [4.69, 9.17) is 23.2 Å². The first-order chi connectivity index (χ1) is 15.9. The van der Waals surface area contributed by atoms with Gasteiger partial charge in [-0.2, -0.15) is 31.4 Å². The number of nitrogens with zero attached hydrogens (tertiary/aromatic N) is 4. The minimum atomic E-state index is -4.59. The molecule has 1 aromatic carbocycles. The van der Waals surface area contributed by atoms with Crippen LogP contribution in [0.15, 0.2) is 60.1 Å². The summed E-state index contributed by atoms with van der Waals surface area (Å²) in [6.07, 6.45) is -4.97. The number of rotatable bonds is 4. The number of anilines is 1. The van der Waals surface area contributed by atoms with Gasteiger partial charge in [-0.25, -0.2) is 9.97 Å². The summed E-state index contributed by atoms with van der Waals surface area (Å²) in [5, 5.41) is 4.14. The van der Waals surface area contributed by atoms with Gasteiger partial charge in [-0.05, 0) is 18.2 Å². The Morgan fingerprint density at radius 3 is 2.12 bits per heavy atom. The monoisotopic (exact) mass is 517 g/mol. The van der Waals surface area contributed by atoms with Crippen LogP contribution in [-0.2, 0) is 12.4 Å². The van der Waals surface area contributed by atoms with Gasteiger partial charge in [0, 0.05) is 29.5 Å². The van der Waals surface area contributed by atoms with E-state index in [0.29, 0.717) is 28.9 Å². The Labute approximate surface area is 197 Å². The maximum absolute atomic E-state index is 12.9. The van der Waals surface area contributed by atoms with Crippen molar-refractivity contribution in [2.24, 2.45) is 5.10 Å². The number of para-hydroxylation sites is 1. The zero-order chi connectivity index (χ0) is 24.7. The van der Waals surface area contributed by atoms with E-state index in [9.17, 15) is 26.3 Å². The summed E-state index contributed by atoms with van der Waals surface area (Å²) in [6.45, 7) is 0. The van der Waals surface area contributed by atoms with Crippen LogP contribution in [0.5, 0.6) is 0 Å². The average Bonchev–Trinajstić information content (AvgIpc) is 3.12. The number of benzene rings is 1. The molecule has 0 aliphatic heterocycles. The highest BCUT2D eigenvalue weighted by Gasteiger charge is 2.32. The van der Waals surface area contributed by atoms with Gasteiger partial charge in [-0.1, -0.05) is 41.4 Å². The van der Waals surface area contributed by atoms with Gasteiger partial charge in [-0.15, -0.1) is 0 Å². The Balaban J connectivity index is 1.66. The molecule has 0 atom stereocenters. The normalized spacial score (nSPS) is 12.6. The lowest BCUT2D eigenvalue weighted by atomic mass is 10.2. The fourth-order valence-corrected chi connectivity index (χ4v) is 3.55. The van der Waals surface area contributed by atoms with Crippen LogP contribution in [0, 0.1) is 0 Å². The number of hydrogen-bond acceptors (Lipinski definition) is 4. The molecule has 34 heavy (non-hydrogen) atoms. The lowest BCUT2D eigenvalue weighted by molar-refractivity contribution is -0.138. The Kier molecular flexibility index (Phi) is 6.17. The van der Waals surface area contributed by atoms with Gasteiger partial charge in [0.2, 0.25) is 0 Å². The second-order valence-electron chi connectivity index (χ2n) is 6.92. The van der Waals surface area contributed by atoms with Gasteiger partial charge >= 0.3 is 12.4 Å². The van der Waals surface area contributed by atoms with Gasteiger partial charge in [0.25, 0.3) is 0 Å². The number of halogens is 8.